The average Bonchev–Trinajstić information content (AvgIpc) is 3.73. The Balaban J connectivity index is 1.52. The largest absolute Gasteiger partial charge is 0.499 e. The molecule has 2 aliphatic carbocycles. The number of pyridine rings is 1. The van der Waals surface area contributed by atoms with E-state index in [1.54, 1.807) is 0 Å². The maximum Gasteiger partial charge on any atom is 0.499 e. The lowest BCUT2D eigenvalue weighted by atomic mass is 9.80. The van der Waals surface area contributed by atoms with Crippen molar-refractivity contribution < 1.29 is 23.3 Å². The Labute approximate surface area is 218 Å². The summed E-state index contributed by atoms with van der Waals surface area (Å²) in [5.74, 6) is -0.886. The molecule has 1 atom stereocenters. The lowest BCUT2D eigenvalue weighted by Gasteiger charge is -2.32. The summed E-state index contributed by atoms with van der Waals surface area (Å²) in [6, 6.07) is 2.22. The predicted octanol–water partition coefficient (Wildman–Crippen LogP) is 2.52. The summed E-state index contributed by atoms with van der Waals surface area (Å²) < 4.78 is 26.9. The molecule has 200 valence electrons. The Kier molecular flexibility index (Phi) is 7.76. The molecular formula is C26H37BFN5O4. The van der Waals surface area contributed by atoms with Crippen LogP contribution in [0.5, 0.6) is 0 Å². The van der Waals surface area contributed by atoms with Crippen LogP contribution in [0.3, 0.4) is 0 Å². The zero-order chi connectivity index (χ0) is 27.0. The van der Waals surface area contributed by atoms with E-state index in [1.807, 2.05) is 34.6 Å². The zero-order valence-electron chi connectivity index (χ0n) is 22.2. The molecule has 1 aliphatic heterocycles. The van der Waals surface area contributed by atoms with Crippen LogP contribution in [-0.4, -0.2) is 53.9 Å². The van der Waals surface area contributed by atoms with Gasteiger partial charge < -0.3 is 30.7 Å². The number of aromatic nitrogens is 1. The van der Waals surface area contributed by atoms with E-state index in [0.717, 1.165) is 31.9 Å². The number of carbonyl (C=O) groups excluding carboxylic acids is 2. The molecule has 37 heavy (non-hydrogen) atoms. The minimum Gasteiger partial charge on any atom is -0.399 e. The second kappa shape index (κ2) is 10.5. The normalized spacial score (nSPS) is 21.5. The van der Waals surface area contributed by atoms with Gasteiger partial charge in [0, 0.05) is 18.2 Å². The van der Waals surface area contributed by atoms with E-state index in [4.69, 9.17) is 14.7 Å². The second-order valence-electron chi connectivity index (χ2n) is 11.1. The molecule has 3 fully saturated rings. The van der Waals surface area contributed by atoms with Crippen molar-refractivity contribution in [2.45, 2.75) is 77.5 Å². The molecule has 11 heteroatoms. The summed E-state index contributed by atoms with van der Waals surface area (Å²) in [5, 5.41) is 15.9. The predicted molar refractivity (Wildman–Crippen MR) is 140 cm³/mol. The van der Waals surface area contributed by atoms with Crippen molar-refractivity contribution in [1.82, 2.24) is 15.6 Å². The van der Waals surface area contributed by atoms with Gasteiger partial charge in [-0.2, -0.15) is 4.39 Å². The van der Waals surface area contributed by atoms with Gasteiger partial charge in [0.15, 0.2) is 0 Å². The van der Waals surface area contributed by atoms with Gasteiger partial charge in [0.05, 0.1) is 11.2 Å². The van der Waals surface area contributed by atoms with Crippen molar-refractivity contribution in [3.63, 3.8) is 0 Å². The average molecular weight is 513 g/mol. The fraction of sp³-hybridized carbons (Fsp3) is 0.615. The molecular weight excluding hydrogens is 476 g/mol. The van der Waals surface area contributed by atoms with Crippen LogP contribution in [-0.2, 0) is 18.9 Å². The smallest absolute Gasteiger partial charge is 0.399 e. The number of hydrogen-bond acceptors (Lipinski definition) is 7. The van der Waals surface area contributed by atoms with Crippen LogP contribution in [0.15, 0.2) is 23.9 Å². The summed E-state index contributed by atoms with van der Waals surface area (Å²) in [6.45, 7) is 9.88. The molecule has 1 aromatic heterocycles. The third-order valence-electron chi connectivity index (χ3n) is 7.78. The number of rotatable bonds is 11. The van der Waals surface area contributed by atoms with Crippen molar-refractivity contribution in [1.29, 1.82) is 5.41 Å². The number of halogens is 1. The molecule has 3 aliphatic rings. The van der Waals surface area contributed by atoms with Crippen molar-refractivity contribution in [3.05, 3.63) is 29.9 Å². The van der Waals surface area contributed by atoms with Crippen LogP contribution < -0.4 is 21.4 Å². The monoisotopic (exact) mass is 513 g/mol. The number of nitrogens with one attached hydrogen (secondary N) is 4. The number of nitrogens with zero attached hydrogens (tertiary/aromatic N) is 1. The van der Waals surface area contributed by atoms with E-state index < -0.39 is 42.1 Å². The van der Waals surface area contributed by atoms with Gasteiger partial charge >= 0.3 is 7.12 Å². The first kappa shape index (κ1) is 27.3. The molecule has 0 aromatic carbocycles. The SMILES string of the molecule is CCN/C(=C\C=N)C(=O)NC(C(=O)Nc1ccc(B2OC(C)(C)C(C)(C)O2)c(F)n1)C(C1CC1)C1CC1. The molecule has 4 rings (SSSR count). The summed E-state index contributed by atoms with van der Waals surface area (Å²) >= 11 is 0. The van der Waals surface area contributed by atoms with Crippen molar-refractivity contribution >= 4 is 36.4 Å². The third-order valence-corrected chi connectivity index (χ3v) is 7.78. The Morgan fingerprint density at radius 2 is 1.76 bits per heavy atom. The van der Waals surface area contributed by atoms with Gasteiger partial charge in [0.1, 0.15) is 17.6 Å². The van der Waals surface area contributed by atoms with Gasteiger partial charge in [0.25, 0.3) is 5.91 Å². The van der Waals surface area contributed by atoms with E-state index in [9.17, 15) is 9.59 Å². The van der Waals surface area contributed by atoms with Crippen LogP contribution in [0, 0.1) is 29.1 Å². The minimum absolute atomic E-state index is 0.000629. The molecule has 2 saturated carbocycles. The number of allylic oxidation sites excluding steroid dienone is 1. The molecule has 1 saturated heterocycles. The van der Waals surface area contributed by atoms with Gasteiger partial charge in [0.2, 0.25) is 11.9 Å². The highest BCUT2D eigenvalue weighted by Crippen LogP contribution is 2.51. The van der Waals surface area contributed by atoms with Gasteiger partial charge in [-0.3, -0.25) is 9.59 Å². The molecule has 9 nitrogen and oxygen atoms in total. The van der Waals surface area contributed by atoms with Crippen molar-refractivity contribution in [3.8, 4) is 0 Å². The van der Waals surface area contributed by atoms with E-state index in [2.05, 4.69) is 20.9 Å². The van der Waals surface area contributed by atoms with Gasteiger partial charge in [-0.25, -0.2) is 4.98 Å². The van der Waals surface area contributed by atoms with E-state index >= 15 is 4.39 Å². The first-order chi connectivity index (χ1) is 17.5. The van der Waals surface area contributed by atoms with E-state index in [0.29, 0.717) is 18.4 Å². The minimum atomic E-state index is -0.909. The van der Waals surface area contributed by atoms with Gasteiger partial charge in [-0.15, -0.1) is 0 Å². The van der Waals surface area contributed by atoms with Crippen LogP contribution in [0.25, 0.3) is 0 Å². The number of amides is 2. The molecule has 0 spiro atoms. The lowest BCUT2D eigenvalue weighted by molar-refractivity contribution is -0.126. The summed E-state index contributed by atoms with van der Waals surface area (Å²) in [6.07, 6.45) is 6.47. The lowest BCUT2D eigenvalue weighted by Crippen LogP contribution is -2.51. The molecule has 0 radical (unpaired) electrons. The first-order valence-electron chi connectivity index (χ1n) is 13.1. The van der Waals surface area contributed by atoms with Gasteiger partial charge in [-0.1, -0.05) is 6.07 Å². The number of carbonyl (C=O) groups is 2. The Bertz CT molecular complexity index is 1060. The Hall–Kier alpha value is -2.79. The molecule has 2 amide bonds. The van der Waals surface area contributed by atoms with Crippen LogP contribution in [0.4, 0.5) is 10.2 Å². The van der Waals surface area contributed by atoms with Crippen LogP contribution in [0.1, 0.15) is 60.3 Å². The van der Waals surface area contributed by atoms with E-state index in [1.165, 1.54) is 18.2 Å². The highest BCUT2D eigenvalue weighted by molar-refractivity contribution is 6.62. The highest BCUT2D eigenvalue weighted by Gasteiger charge is 2.53. The molecule has 1 unspecified atom stereocenters. The number of likely N-dealkylation sites (N-methyl/N-ethyl adjacent to an activating group) is 1. The summed E-state index contributed by atoms with van der Waals surface area (Å²) in [5.41, 5.74) is -0.875. The Morgan fingerprint density at radius 1 is 1.16 bits per heavy atom. The topological polar surface area (TPSA) is 125 Å². The maximum absolute atomic E-state index is 15.0. The molecule has 0 bridgehead atoms. The zero-order valence-corrected chi connectivity index (χ0v) is 22.2. The first-order valence-corrected chi connectivity index (χ1v) is 13.1. The van der Waals surface area contributed by atoms with Crippen LogP contribution >= 0.6 is 0 Å². The highest BCUT2D eigenvalue weighted by atomic mass is 19.1. The Morgan fingerprint density at radius 3 is 2.24 bits per heavy atom. The number of anilines is 1. The quantitative estimate of drug-likeness (QED) is 0.156. The van der Waals surface area contributed by atoms with Crippen LogP contribution in [0.2, 0.25) is 0 Å². The number of hydrogen-bond donors (Lipinski definition) is 4. The summed E-state index contributed by atoms with van der Waals surface area (Å²) in [4.78, 5) is 30.5. The molecule has 2 heterocycles. The fourth-order valence-electron chi connectivity index (χ4n) is 4.80. The fourth-order valence-corrected chi connectivity index (χ4v) is 4.80. The standard InChI is InChI=1S/C26H37BFN5O4/c1-6-30-18(13-14-29)23(34)33-21(20(15-7-8-15)16-9-10-16)24(35)32-19-12-11-17(22(28)31-19)27-36-25(2,3)26(4,5)37-27/h11-16,20-21,29-30H,6-10H2,1-5H3,(H,33,34)(H,31,32,35)/b18-13-,29-14?. The third kappa shape index (κ3) is 6.04. The molecule has 1 aromatic rings. The van der Waals surface area contributed by atoms with E-state index in [-0.39, 0.29) is 22.9 Å². The summed E-state index contributed by atoms with van der Waals surface area (Å²) in [7, 11) is -0.909. The molecule has 4 N–H and O–H groups in total. The second-order valence-corrected chi connectivity index (χ2v) is 11.1. The maximum atomic E-state index is 15.0. The van der Waals surface area contributed by atoms with Crippen molar-refractivity contribution in [2.24, 2.45) is 17.8 Å². The van der Waals surface area contributed by atoms with Crippen molar-refractivity contribution in [2.75, 3.05) is 11.9 Å². The van der Waals surface area contributed by atoms with Gasteiger partial charge in [-0.05, 0) is 90.2 Å².